The smallest absolute Gasteiger partial charge is 0.0564 e. The summed E-state index contributed by atoms with van der Waals surface area (Å²) in [6, 6.07) is 0.273. The Balaban J connectivity index is 2.22. The van der Waals surface area contributed by atoms with E-state index in [0.29, 0.717) is 5.92 Å². The summed E-state index contributed by atoms with van der Waals surface area (Å²) >= 11 is 0. The van der Waals surface area contributed by atoms with E-state index in [9.17, 15) is 5.11 Å². The summed E-state index contributed by atoms with van der Waals surface area (Å²) < 4.78 is 0. The topological polar surface area (TPSA) is 49.5 Å². The average Bonchev–Trinajstić information content (AvgIpc) is 2.08. The third-order valence-electron chi connectivity index (χ3n) is 2.88. The van der Waals surface area contributed by atoms with Gasteiger partial charge in [-0.25, -0.2) is 0 Å². The van der Waals surface area contributed by atoms with Crippen LogP contribution in [0.1, 0.15) is 26.7 Å². The van der Waals surface area contributed by atoms with Gasteiger partial charge in [0, 0.05) is 25.7 Å². The molecular formula is C10H22N2O. The summed E-state index contributed by atoms with van der Waals surface area (Å²) in [6.45, 7) is 7.29. The molecule has 1 aliphatic rings. The first-order valence-corrected chi connectivity index (χ1v) is 5.25. The van der Waals surface area contributed by atoms with Crippen LogP contribution in [0, 0.1) is 5.92 Å². The van der Waals surface area contributed by atoms with Crippen molar-refractivity contribution in [2.24, 2.45) is 11.7 Å². The minimum Gasteiger partial charge on any atom is -0.393 e. The Morgan fingerprint density at radius 2 is 1.92 bits per heavy atom. The van der Waals surface area contributed by atoms with Gasteiger partial charge in [-0.05, 0) is 18.8 Å². The van der Waals surface area contributed by atoms with Gasteiger partial charge in [0.15, 0.2) is 0 Å². The van der Waals surface area contributed by atoms with Crippen molar-refractivity contribution in [2.45, 2.75) is 38.8 Å². The quantitative estimate of drug-likeness (QED) is 0.672. The zero-order valence-electron chi connectivity index (χ0n) is 8.74. The number of likely N-dealkylation sites (tertiary alicyclic amines) is 1. The maximum atomic E-state index is 9.31. The summed E-state index contributed by atoms with van der Waals surface area (Å²) in [6.07, 6.45) is 1.74. The molecule has 3 nitrogen and oxygen atoms in total. The molecule has 1 fully saturated rings. The molecule has 0 aromatic heterocycles. The van der Waals surface area contributed by atoms with Crippen LogP contribution in [0.15, 0.2) is 0 Å². The van der Waals surface area contributed by atoms with E-state index < -0.39 is 0 Å². The third-order valence-corrected chi connectivity index (χ3v) is 2.88. The summed E-state index contributed by atoms with van der Waals surface area (Å²) in [5.74, 6) is 0.548. The van der Waals surface area contributed by atoms with Gasteiger partial charge in [0.1, 0.15) is 0 Å². The lowest BCUT2D eigenvalue weighted by molar-refractivity contribution is 0.0774. The van der Waals surface area contributed by atoms with E-state index in [2.05, 4.69) is 18.7 Å². The Labute approximate surface area is 80.9 Å². The van der Waals surface area contributed by atoms with Gasteiger partial charge in [0.2, 0.25) is 0 Å². The standard InChI is InChI=1S/C10H22N2O/c1-8(2)10(11)7-12-5-3-9(13)4-6-12/h8-10,13H,3-7,11H2,1-2H3. The van der Waals surface area contributed by atoms with E-state index in [1.165, 1.54) is 0 Å². The van der Waals surface area contributed by atoms with Crippen molar-refractivity contribution in [3.63, 3.8) is 0 Å². The Hall–Kier alpha value is -0.120. The molecule has 3 N–H and O–H groups in total. The number of hydrogen-bond donors (Lipinski definition) is 2. The van der Waals surface area contributed by atoms with Crippen molar-refractivity contribution >= 4 is 0 Å². The van der Waals surface area contributed by atoms with Crippen LogP contribution in [0.3, 0.4) is 0 Å². The molecule has 0 amide bonds. The minimum absolute atomic E-state index is 0.0773. The van der Waals surface area contributed by atoms with Gasteiger partial charge in [0.25, 0.3) is 0 Å². The van der Waals surface area contributed by atoms with Crippen LogP contribution in [0.4, 0.5) is 0 Å². The molecule has 1 rings (SSSR count). The molecule has 0 saturated carbocycles. The Morgan fingerprint density at radius 3 is 2.38 bits per heavy atom. The van der Waals surface area contributed by atoms with Crippen LogP contribution in [0.25, 0.3) is 0 Å². The predicted molar refractivity (Wildman–Crippen MR) is 54.5 cm³/mol. The summed E-state index contributed by atoms with van der Waals surface area (Å²) in [7, 11) is 0. The van der Waals surface area contributed by atoms with Crippen LogP contribution in [-0.4, -0.2) is 41.8 Å². The highest BCUT2D eigenvalue weighted by atomic mass is 16.3. The summed E-state index contributed by atoms with van der Waals surface area (Å²) in [4.78, 5) is 2.36. The maximum absolute atomic E-state index is 9.31. The first-order valence-electron chi connectivity index (χ1n) is 5.25. The van der Waals surface area contributed by atoms with Crippen molar-refractivity contribution in [1.29, 1.82) is 0 Å². The normalized spacial score (nSPS) is 23.8. The Morgan fingerprint density at radius 1 is 1.38 bits per heavy atom. The van der Waals surface area contributed by atoms with Crippen LogP contribution < -0.4 is 5.73 Å². The first kappa shape index (κ1) is 11.0. The van der Waals surface area contributed by atoms with E-state index in [4.69, 9.17) is 5.73 Å². The number of piperidine rings is 1. The third kappa shape index (κ3) is 3.63. The lowest BCUT2D eigenvalue weighted by atomic mass is 10.0. The van der Waals surface area contributed by atoms with Gasteiger partial charge in [-0.2, -0.15) is 0 Å². The highest BCUT2D eigenvalue weighted by molar-refractivity contribution is 4.76. The second kappa shape index (κ2) is 4.94. The first-order chi connectivity index (χ1) is 6.09. The summed E-state index contributed by atoms with van der Waals surface area (Å²) in [5, 5.41) is 9.31. The van der Waals surface area contributed by atoms with Gasteiger partial charge in [-0.3, -0.25) is 0 Å². The number of nitrogens with zero attached hydrogens (tertiary/aromatic N) is 1. The molecule has 0 spiro atoms. The molecular weight excluding hydrogens is 164 g/mol. The van der Waals surface area contributed by atoms with Crippen molar-refractivity contribution in [3.8, 4) is 0 Å². The monoisotopic (exact) mass is 186 g/mol. The minimum atomic E-state index is -0.0773. The molecule has 0 aromatic carbocycles. The van der Waals surface area contributed by atoms with E-state index in [0.717, 1.165) is 32.5 Å². The van der Waals surface area contributed by atoms with Crippen LogP contribution in [0.2, 0.25) is 0 Å². The molecule has 0 bridgehead atoms. The zero-order valence-corrected chi connectivity index (χ0v) is 8.74. The second-order valence-electron chi connectivity index (χ2n) is 4.44. The van der Waals surface area contributed by atoms with Crippen LogP contribution in [-0.2, 0) is 0 Å². The van der Waals surface area contributed by atoms with Crippen LogP contribution in [0.5, 0.6) is 0 Å². The zero-order chi connectivity index (χ0) is 9.84. The van der Waals surface area contributed by atoms with Gasteiger partial charge < -0.3 is 15.7 Å². The van der Waals surface area contributed by atoms with Gasteiger partial charge >= 0.3 is 0 Å². The SMILES string of the molecule is CC(C)C(N)CN1CCC(O)CC1. The molecule has 0 radical (unpaired) electrons. The molecule has 0 aromatic rings. The number of aliphatic hydroxyl groups is 1. The average molecular weight is 186 g/mol. The van der Waals surface area contributed by atoms with Gasteiger partial charge in [-0.1, -0.05) is 13.8 Å². The molecule has 1 unspecified atom stereocenters. The van der Waals surface area contributed by atoms with Gasteiger partial charge in [-0.15, -0.1) is 0 Å². The lowest BCUT2D eigenvalue weighted by Crippen LogP contribution is -2.45. The van der Waals surface area contributed by atoms with E-state index in [1.54, 1.807) is 0 Å². The van der Waals surface area contributed by atoms with E-state index in [1.807, 2.05) is 0 Å². The molecule has 0 aliphatic carbocycles. The molecule has 13 heavy (non-hydrogen) atoms. The fourth-order valence-electron chi connectivity index (χ4n) is 1.61. The van der Waals surface area contributed by atoms with Crippen LogP contribution >= 0.6 is 0 Å². The van der Waals surface area contributed by atoms with Crippen molar-refractivity contribution < 1.29 is 5.11 Å². The molecule has 1 aliphatic heterocycles. The lowest BCUT2D eigenvalue weighted by Gasteiger charge is -2.32. The highest BCUT2D eigenvalue weighted by Crippen LogP contribution is 2.11. The van der Waals surface area contributed by atoms with Crippen molar-refractivity contribution in [2.75, 3.05) is 19.6 Å². The van der Waals surface area contributed by atoms with Crippen molar-refractivity contribution in [1.82, 2.24) is 4.90 Å². The molecule has 1 atom stereocenters. The Kier molecular flexibility index (Phi) is 4.16. The highest BCUT2D eigenvalue weighted by Gasteiger charge is 2.19. The number of hydrogen-bond acceptors (Lipinski definition) is 3. The van der Waals surface area contributed by atoms with E-state index in [-0.39, 0.29) is 12.1 Å². The fraction of sp³-hybridized carbons (Fsp3) is 1.00. The largest absolute Gasteiger partial charge is 0.393 e. The van der Waals surface area contributed by atoms with E-state index >= 15 is 0 Å². The molecule has 78 valence electrons. The second-order valence-corrected chi connectivity index (χ2v) is 4.44. The molecule has 1 saturated heterocycles. The summed E-state index contributed by atoms with van der Waals surface area (Å²) in [5.41, 5.74) is 5.98. The Bertz CT molecular complexity index is 142. The number of nitrogens with two attached hydrogens (primary N) is 1. The fourth-order valence-corrected chi connectivity index (χ4v) is 1.61. The molecule has 1 heterocycles. The predicted octanol–water partition coefficient (Wildman–Crippen LogP) is 0.426. The maximum Gasteiger partial charge on any atom is 0.0564 e. The van der Waals surface area contributed by atoms with Gasteiger partial charge in [0.05, 0.1) is 6.10 Å². The number of rotatable bonds is 3. The van der Waals surface area contributed by atoms with Crippen molar-refractivity contribution in [3.05, 3.63) is 0 Å². The molecule has 3 heteroatoms. The number of aliphatic hydroxyl groups excluding tert-OH is 1.